The molecule has 0 fully saturated rings. The van der Waals surface area contributed by atoms with Crippen LogP contribution in [0, 0.1) is 0 Å². The zero-order chi connectivity index (χ0) is 14.4. The molecule has 0 saturated carbocycles. The predicted molar refractivity (Wildman–Crippen MR) is 76.8 cm³/mol. The maximum absolute atomic E-state index is 10.7. The first-order chi connectivity index (χ1) is 9.66. The first-order valence-electron chi connectivity index (χ1n) is 6.77. The number of carboxylic acid groups (broad SMARTS) is 1. The molecule has 1 atom stereocenters. The van der Waals surface area contributed by atoms with Gasteiger partial charge in [0, 0.05) is 0 Å². The van der Waals surface area contributed by atoms with E-state index in [1.54, 1.807) is 6.07 Å². The summed E-state index contributed by atoms with van der Waals surface area (Å²) in [5.41, 5.74) is 1.33. The van der Waals surface area contributed by atoms with Gasteiger partial charge in [0.2, 0.25) is 5.76 Å². The number of carboxylic acids is 1. The van der Waals surface area contributed by atoms with Crippen LogP contribution in [0.4, 0.5) is 0 Å². The van der Waals surface area contributed by atoms with Crippen molar-refractivity contribution in [1.29, 1.82) is 0 Å². The molecule has 0 bridgehead atoms. The second kappa shape index (κ2) is 6.91. The van der Waals surface area contributed by atoms with E-state index in [0.29, 0.717) is 5.76 Å². The highest BCUT2D eigenvalue weighted by molar-refractivity contribution is 5.84. The quantitative estimate of drug-likeness (QED) is 0.760. The molecular formula is C16H19NO3. The lowest BCUT2D eigenvalue weighted by atomic mass is 10.1. The molecular weight excluding hydrogens is 254 g/mol. The van der Waals surface area contributed by atoms with Gasteiger partial charge in [-0.2, -0.15) is 0 Å². The Labute approximate surface area is 118 Å². The topological polar surface area (TPSA) is 62.5 Å². The third-order valence-corrected chi connectivity index (χ3v) is 3.20. The van der Waals surface area contributed by atoms with Gasteiger partial charge in [-0.15, -0.1) is 0 Å². The molecule has 4 nitrogen and oxygen atoms in total. The molecule has 2 aromatic rings. The zero-order valence-corrected chi connectivity index (χ0v) is 11.5. The van der Waals surface area contributed by atoms with Crippen molar-refractivity contribution in [2.45, 2.75) is 25.8 Å². The van der Waals surface area contributed by atoms with E-state index in [0.717, 1.165) is 19.4 Å². The second-order valence-corrected chi connectivity index (χ2v) is 4.77. The Bertz CT molecular complexity index is 548. The van der Waals surface area contributed by atoms with Crippen LogP contribution in [-0.2, 0) is 6.42 Å². The number of hydrogen-bond acceptors (Lipinski definition) is 3. The Morgan fingerprint density at radius 1 is 1.25 bits per heavy atom. The van der Waals surface area contributed by atoms with Crippen molar-refractivity contribution < 1.29 is 14.3 Å². The average Bonchev–Trinajstić information content (AvgIpc) is 2.94. The maximum Gasteiger partial charge on any atom is 0.371 e. The average molecular weight is 273 g/mol. The van der Waals surface area contributed by atoms with Crippen molar-refractivity contribution in [2.75, 3.05) is 6.54 Å². The van der Waals surface area contributed by atoms with Gasteiger partial charge < -0.3 is 14.8 Å². The van der Waals surface area contributed by atoms with Crippen LogP contribution in [0.25, 0.3) is 0 Å². The zero-order valence-electron chi connectivity index (χ0n) is 11.5. The van der Waals surface area contributed by atoms with E-state index in [1.807, 2.05) is 25.1 Å². The van der Waals surface area contributed by atoms with Crippen LogP contribution in [0.3, 0.4) is 0 Å². The molecule has 2 rings (SSSR count). The Morgan fingerprint density at radius 3 is 2.65 bits per heavy atom. The van der Waals surface area contributed by atoms with Crippen LogP contribution in [0.5, 0.6) is 0 Å². The minimum atomic E-state index is -1.03. The minimum Gasteiger partial charge on any atom is -0.475 e. The van der Waals surface area contributed by atoms with Crippen LogP contribution < -0.4 is 5.32 Å². The Balaban J connectivity index is 1.74. The van der Waals surface area contributed by atoms with Gasteiger partial charge in [0.05, 0.1) is 6.04 Å². The van der Waals surface area contributed by atoms with Crippen molar-refractivity contribution in [3.05, 3.63) is 59.5 Å². The first kappa shape index (κ1) is 14.3. The number of hydrogen-bond donors (Lipinski definition) is 2. The first-order valence-corrected chi connectivity index (χ1v) is 6.77. The standard InChI is InChI=1S/C16H19NO3/c1-12(14-9-10-15(20-14)16(18)19)17-11-5-8-13-6-3-2-4-7-13/h2-4,6-7,9-10,12,17H,5,8,11H2,1H3,(H,18,19). The van der Waals surface area contributed by atoms with E-state index in [2.05, 4.69) is 17.4 Å². The van der Waals surface area contributed by atoms with E-state index in [4.69, 9.17) is 9.52 Å². The lowest BCUT2D eigenvalue weighted by Crippen LogP contribution is -2.19. The SMILES string of the molecule is CC(NCCCc1ccccc1)c1ccc(C(=O)O)o1. The fraction of sp³-hybridized carbons (Fsp3) is 0.312. The van der Waals surface area contributed by atoms with Crippen molar-refractivity contribution >= 4 is 5.97 Å². The molecule has 0 aliphatic carbocycles. The summed E-state index contributed by atoms with van der Waals surface area (Å²) in [6.07, 6.45) is 2.06. The van der Waals surface area contributed by atoms with Crippen LogP contribution in [0.2, 0.25) is 0 Å². The van der Waals surface area contributed by atoms with Gasteiger partial charge in [-0.3, -0.25) is 0 Å². The molecule has 0 amide bonds. The smallest absolute Gasteiger partial charge is 0.371 e. The Morgan fingerprint density at radius 2 is 2.00 bits per heavy atom. The van der Waals surface area contributed by atoms with E-state index in [-0.39, 0.29) is 11.8 Å². The number of aryl methyl sites for hydroxylation is 1. The molecule has 1 aromatic carbocycles. The van der Waals surface area contributed by atoms with Gasteiger partial charge in [0.25, 0.3) is 0 Å². The van der Waals surface area contributed by atoms with Gasteiger partial charge in [-0.05, 0) is 44.0 Å². The summed E-state index contributed by atoms with van der Waals surface area (Å²) in [5, 5.41) is 12.1. The van der Waals surface area contributed by atoms with E-state index >= 15 is 0 Å². The molecule has 0 radical (unpaired) electrons. The van der Waals surface area contributed by atoms with Crippen molar-refractivity contribution in [3.63, 3.8) is 0 Å². The molecule has 2 N–H and O–H groups in total. The molecule has 106 valence electrons. The molecule has 0 aliphatic heterocycles. The number of benzene rings is 1. The van der Waals surface area contributed by atoms with Crippen LogP contribution in [0.15, 0.2) is 46.9 Å². The van der Waals surface area contributed by atoms with Crippen LogP contribution in [-0.4, -0.2) is 17.6 Å². The summed E-state index contributed by atoms with van der Waals surface area (Å²) in [5.74, 6) is -0.396. The van der Waals surface area contributed by atoms with Gasteiger partial charge in [0.15, 0.2) is 0 Å². The Hall–Kier alpha value is -2.07. The predicted octanol–water partition coefficient (Wildman–Crippen LogP) is 3.26. The summed E-state index contributed by atoms with van der Waals surface area (Å²) in [4.78, 5) is 10.7. The molecule has 1 unspecified atom stereocenters. The van der Waals surface area contributed by atoms with Crippen LogP contribution >= 0.6 is 0 Å². The summed E-state index contributed by atoms with van der Waals surface area (Å²) in [6.45, 7) is 2.83. The third-order valence-electron chi connectivity index (χ3n) is 3.20. The largest absolute Gasteiger partial charge is 0.475 e. The second-order valence-electron chi connectivity index (χ2n) is 4.77. The summed E-state index contributed by atoms with van der Waals surface area (Å²) in [7, 11) is 0. The number of carbonyl (C=O) groups is 1. The van der Waals surface area contributed by atoms with Crippen molar-refractivity contribution in [1.82, 2.24) is 5.32 Å². The lowest BCUT2D eigenvalue weighted by molar-refractivity contribution is 0.0659. The van der Waals surface area contributed by atoms with Crippen molar-refractivity contribution in [3.8, 4) is 0 Å². The van der Waals surface area contributed by atoms with Crippen LogP contribution in [0.1, 0.15) is 41.3 Å². The van der Waals surface area contributed by atoms with Gasteiger partial charge in [-0.1, -0.05) is 30.3 Å². The van der Waals surface area contributed by atoms with E-state index in [9.17, 15) is 4.79 Å². The molecule has 0 spiro atoms. The molecule has 1 aromatic heterocycles. The third kappa shape index (κ3) is 3.96. The fourth-order valence-electron chi connectivity index (χ4n) is 2.06. The van der Waals surface area contributed by atoms with E-state index in [1.165, 1.54) is 11.6 Å². The number of nitrogens with one attached hydrogen (secondary N) is 1. The normalized spacial score (nSPS) is 12.2. The van der Waals surface area contributed by atoms with E-state index < -0.39 is 5.97 Å². The van der Waals surface area contributed by atoms with Gasteiger partial charge in [0.1, 0.15) is 5.76 Å². The highest BCUT2D eigenvalue weighted by Crippen LogP contribution is 2.16. The molecule has 0 saturated heterocycles. The number of aromatic carboxylic acids is 1. The summed E-state index contributed by atoms with van der Waals surface area (Å²) in [6, 6.07) is 13.5. The fourth-order valence-corrected chi connectivity index (χ4v) is 2.06. The van der Waals surface area contributed by atoms with Crippen molar-refractivity contribution in [2.24, 2.45) is 0 Å². The summed E-state index contributed by atoms with van der Waals surface area (Å²) >= 11 is 0. The number of rotatable bonds is 7. The lowest BCUT2D eigenvalue weighted by Gasteiger charge is -2.11. The van der Waals surface area contributed by atoms with Gasteiger partial charge in [-0.25, -0.2) is 4.79 Å². The maximum atomic E-state index is 10.7. The molecule has 1 heterocycles. The molecule has 4 heteroatoms. The molecule has 0 aliphatic rings. The summed E-state index contributed by atoms with van der Waals surface area (Å²) < 4.78 is 5.26. The highest BCUT2D eigenvalue weighted by atomic mass is 16.4. The highest BCUT2D eigenvalue weighted by Gasteiger charge is 2.13. The molecule has 20 heavy (non-hydrogen) atoms. The Kier molecular flexibility index (Phi) is 4.96. The van der Waals surface area contributed by atoms with Gasteiger partial charge >= 0.3 is 5.97 Å². The number of furan rings is 1. The monoisotopic (exact) mass is 273 g/mol. The minimum absolute atomic E-state index is 0.0128.